The molecule has 1 nitrogen and oxygen atoms in total. The van der Waals surface area contributed by atoms with Crippen LogP contribution in [0.3, 0.4) is 0 Å². The smallest absolute Gasteiger partial charge is 0.173 e. The summed E-state index contributed by atoms with van der Waals surface area (Å²) in [7, 11) is -1.96. The van der Waals surface area contributed by atoms with Gasteiger partial charge in [0.05, 0.1) is 0 Å². The molecule has 1 unspecified atom stereocenters. The first-order chi connectivity index (χ1) is 7.55. The summed E-state index contributed by atoms with van der Waals surface area (Å²) in [6.45, 7) is 10.7. The molecule has 0 radical (unpaired) electrons. The first kappa shape index (κ1) is 13.4. The Morgan fingerprint density at radius 1 is 1.38 bits per heavy atom. The van der Waals surface area contributed by atoms with Gasteiger partial charge in [0.1, 0.15) is 0 Å². The highest BCUT2D eigenvalue weighted by Gasteiger charge is 2.24. The van der Waals surface area contributed by atoms with E-state index in [1.165, 1.54) is 11.6 Å². The number of hydrogen-bond donors (Lipinski definition) is 0. The molecule has 0 aliphatic carbocycles. The van der Waals surface area contributed by atoms with Gasteiger partial charge in [0.15, 0.2) is 18.1 Å². The fourth-order valence-electron chi connectivity index (χ4n) is 1.98. The van der Waals surface area contributed by atoms with Crippen LogP contribution >= 0.6 is 0 Å². The van der Waals surface area contributed by atoms with Gasteiger partial charge in [-0.05, 0) is 30.6 Å². The summed E-state index contributed by atoms with van der Waals surface area (Å²) < 4.78 is 6.03. The summed E-state index contributed by atoms with van der Waals surface area (Å²) in [5.74, 6) is 0.599. The first-order valence-electron chi connectivity index (χ1n) is 5.85. The van der Waals surface area contributed by atoms with E-state index in [0.29, 0.717) is 5.92 Å². The molecule has 0 amide bonds. The molecule has 1 rings (SSSR count). The predicted octanol–water partition coefficient (Wildman–Crippen LogP) is 3.24. The quantitative estimate of drug-likeness (QED) is 0.704. The van der Waals surface area contributed by atoms with Crippen LogP contribution in [0, 0.1) is 0 Å². The highest BCUT2D eigenvalue weighted by atomic mass is 28.4. The van der Waals surface area contributed by atoms with Crippen molar-refractivity contribution in [3.05, 3.63) is 48.2 Å². The Morgan fingerprint density at radius 3 is 2.56 bits per heavy atom. The predicted molar refractivity (Wildman–Crippen MR) is 77.0 cm³/mol. The van der Waals surface area contributed by atoms with Gasteiger partial charge < -0.3 is 4.12 Å². The van der Waals surface area contributed by atoms with E-state index in [1.54, 1.807) is 0 Å². The largest absolute Gasteiger partial charge is 0.457 e. The average molecular weight is 250 g/mol. The summed E-state index contributed by atoms with van der Waals surface area (Å²) in [5, 5.41) is 0. The average Bonchev–Trinajstić information content (AvgIpc) is 2.27. The van der Waals surface area contributed by atoms with Crippen molar-refractivity contribution in [2.24, 2.45) is 0 Å². The Kier molecular flexibility index (Phi) is 5.18. The monoisotopic (exact) mass is 250 g/mol. The first-order valence-corrected chi connectivity index (χ1v) is 10.4. The maximum absolute atomic E-state index is 6.03. The van der Waals surface area contributed by atoms with E-state index < -0.39 is 18.1 Å². The SMILES string of the molecule is C=C[SiH2]O[Si](C)(C)CC(C)c1ccccc1. The molecule has 1 aromatic carbocycles. The van der Waals surface area contributed by atoms with Crippen molar-refractivity contribution in [3.8, 4) is 0 Å². The van der Waals surface area contributed by atoms with Gasteiger partial charge in [0, 0.05) is 0 Å². The number of hydrogen-bond acceptors (Lipinski definition) is 1. The molecule has 0 aliphatic heterocycles. The van der Waals surface area contributed by atoms with Gasteiger partial charge in [0.2, 0.25) is 0 Å². The van der Waals surface area contributed by atoms with E-state index in [0.717, 1.165) is 0 Å². The molecule has 16 heavy (non-hydrogen) atoms. The third kappa shape index (κ3) is 4.47. The van der Waals surface area contributed by atoms with E-state index in [1.807, 2.05) is 5.70 Å². The summed E-state index contributed by atoms with van der Waals surface area (Å²) in [6, 6.07) is 11.9. The minimum Gasteiger partial charge on any atom is -0.457 e. The van der Waals surface area contributed by atoms with Crippen LogP contribution in [0.2, 0.25) is 19.1 Å². The van der Waals surface area contributed by atoms with Crippen LogP contribution in [0.1, 0.15) is 18.4 Å². The molecule has 0 aromatic heterocycles. The van der Waals surface area contributed by atoms with E-state index in [-0.39, 0.29) is 0 Å². The third-order valence-corrected chi connectivity index (χ3v) is 8.38. The minimum atomic E-state index is -1.48. The van der Waals surface area contributed by atoms with Crippen LogP contribution in [-0.2, 0) is 4.12 Å². The van der Waals surface area contributed by atoms with Gasteiger partial charge in [-0.2, -0.15) is 0 Å². The Balaban J connectivity index is 2.56. The zero-order valence-corrected chi connectivity index (χ0v) is 13.0. The molecule has 0 bridgehead atoms. The summed E-state index contributed by atoms with van der Waals surface area (Å²) in [4.78, 5) is 0. The summed E-state index contributed by atoms with van der Waals surface area (Å²) in [6.07, 6.45) is 0. The van der Waals surface area contributed by atoms with Crippen LogP contribution in [0.15, 0.2) is 42.6 Å². The van der Waals surface area contributed by atoms with E-state index in [2.05, 4.69) is 56.9 Å². The van der Waals surface area contributed by atoms with Gasteiger partial charge in [-0.15, -0.1) is 6.58 Å². The van der Waals surface area contributed by atoms with Crippen molar-refractivity contribution in [1.82, 2.24) is 0 Å². The lowest BCUT2D eigenvalue weighted by Gasteiger charge is -2.26. The molecule has 1 atom stereocenters. The molecule has 0 N–H and O–H groups in total. The maximum atomic E-state index is 6.03. The number of rotatable bonds is 6. The van der Waals surface area contributed by atoms with Crippen LogP contribution < -0.4 is 0 Å². The molecule has 1 aromatic rings. The third-order valence-electron chi connectivity index (χ3n) is 2.76. The maximum Gasteiger partial charge on any atom is 0.173 e. The molecular formula is C13H22OSi2. The zero-order chi connectivity index (χ0) is 12.0. The Labute approximate surface area is 103 Å². The highest BCUT2D eigenvalue weighted by Crippen LogP contribution is 2.26. The van der Waals surface area contributed by atoms with Gasteiger partial charge in [-0.3, -0.25) is 0 Å². The fourth-order valence-corrected chi connectivity index (χ4v) is 6.44. The molecular weight excluding hydrogens is 228 g/mol. The topological polar surface area (TPSA) is 9.23 Å². The van der Waals surface area contributed by atoms with E-state index in [4.69, 9.17) is 4.12 Å². The molecule has 0 fully saturated rings. The lowest BCUT2D eigenvalue weighted by Crippen LogP contribution is -2.33. The Bertz CT molecular complexity index is 322. The van der Waals surface area contributed by atoms with Gasteiger partial charge in [0.25, 0.3) is 0 Å². The molecule has 0 saturated carbocycles. The Hall–Kier alpha value is -0.646. The zero-order valence-electron chi connectivity index (χ0n) is 10.6. The fraction of sp³-hybridized carbons (Fsp3) is 0.385. The van der Waals surface area contributed by atoms with E-state index >= 15 is 0 Å². The van der Waals surface area contributed by atoms with Crippen molar-refractivity contribution < 1.29 is 4.12 Å². The second kappa shape index (κ2) is 6.18. The van der Waals surface area contributed by atoms with Gasteiger partial charge in [-0.1, -0.05) is 43.0 Å². The molecule has 0 heterocycles. The van der Waals surface area contributed by atoms with Gasteiger partial charge in [-0.25, -0.2) is 0 Å². The van der Waals surface area contributed by atoms with Crippen molar-refractivity contribution in [3.63, 3.8) is 0 Å². The standard InChI is InChI=1S/C13H22OSi2/c1-5-15-14-16(3,4)11-12(2)13-9-7-6-8-10-13/h5-10,12H,1,11,15H2,2-4H3. The van der Waals surface area contributed by atoms with E-state index in [9.17, 15) is 0 Å². The normalized spacial score (nSPS) is 14.2. The number of benzene rings is 1. The van der Waals surface area contributed by atoms with Crippen LogP contribution in [0.5, 0.6) is 0 Å². The van der Waals surface area contributed by atoms with Crippen LogP contribution in [0.25, 0.3) is 0 Å². The highest BCUT2D eigenvalue weighted by molar-refractivity contribution is 6.75. The molecule has 0 aliphatic rings. The summed E-state index contributed by atoms with van der Waals surface area (Å²) >= 11 is 0. The lowest BCUT2D eigenvalue weighted by atomic mass is 10.0. The minimum absolute atomic E-state index is 0.480. The molecule has 3 heteroatoms. The van der Waals surface area contributed by atoms with Crippen molar-refractivity contribution >= 4 is 18.1 Å². The van der Waals surface area contributed by atoms with Crippen molar-refractivity contribution in [1.29, 1.82) is 0 Å². The lowest BCUT2D eigenvalue weighted by molar-refractivity contribution is 0.582. The van der Waals surface area contributed by atoms with Crippen LogP contribution in [0.4, 0.5) is 0 Å². The second-order valence-electron chi connectivity index (χ2n) is 4.88. The van der Waals surface area contributed by atoms with Gasteiger partial charge >= 0.3 is 0 Å². The second-order valence-corrected chi connectivity index (χ2v) is 10.9. The van der Waals surface area contributed by atoms with Crippen molar-refractivity contribution in [2.45, 2.75) is 32.0 Å². The summed E-state index contributed by atoms with van der Waals surface area (Å²) in [5.41, 5.74) is 3.40. The van der Waals surface area contributed by atoms with Crippen LogP contribution in [-0.4, -0.2) is 18.1 Å². The molecule has 88 valence electrons. The Morgan fingerprint density at radius 2 is 2.00 bits per heavy atom. The molecule has 0 saturated heterocycles. The molecule has 0 spiro atoms. The van der Waals surface area contributed by atoms with Crippen molar-refractivity contribution in [2.75, 3.05) is 0 Å².